The van der Waals surface area contributed by atoms with E-state index >= 15 is 0 Å². The molecule has 20 heavy (non-hydrogen) atoms. The summed E-state index contributed by atoms with van der Waals surface area (Å²) in [5, 5.41) is 2.70. The lowest BCUT2D eigenvalue weighted by Crippen LogP contribution is -2.07. The number of hydrogen-bond acceptors (Lipinski definition) is 1. The molecular formula is C17H12FNO. The van der Waals surface area contributed by atoms with Crippen LogP contribution >= 0.6 is 0 Å². The maximum Gasteiger partial charge on any atom is 0.248 e. The maximum absolute atomic E-state index is 12.7. The second kappa shape index (κ2) is 6.35. The van der Waals surface area contributed by atoms with Gasteiger partial charge in [0.2, 0.25) is 5.91 Å². The highest BCUT2D eigenvalue weighted by molar-refractivity contribution is 6.01. The minimum atomic E-state index is -0.308. The second-order valence-electron chi connectivity index (χ2n) is 4.10. The third-order valence-corrected chi connectivity index (χ3v) is 2.59. The van der Waals surface area contributed by atoms with Gasteiger partial charge >= 0.3 is 0 Å². The summed E-state index contributed by atoms with van der Waals surface area (Å²) in [6, 6.07) is 12.9. The van der Waals surface area contributed by atoms with Gasteiger partial charge in [0.05, 0.1) is 0 Å². The SMILES string of the molecule is C#Cc1cccc(NC(=O)/C=C\c2ccc(F)cc2)c1. The molecule has 0 bridgehead atoms. The van der Waals surface area contributed by atoms with Crippen LogP contribution in [0.4, 0.5) is 10.1 Å². The molecule has 2 aromatic rings. The summed E-state index contributed by atoms with van der Waals surface area (Å²) in [5.41, 5.74) is 2.08. The van der Waals surface area contributed by atoms with Crippen LogP contribution in [0.1, 0.15) is 11.1 Å². The van der Waals surface area contributed by atoms with E-state index in [1.165, 1.54) is 18.2 Å². The van der Waals surface area contributed by atoms with Crippen molar-refractivity contribution in [3.8, 4) is 12.3 Å². The minimum Gasteiger partial charge on any atom is -0.322 e. The summed E-state index contributed by atoms with van der Waals surface area (Å²) in [5.74, 6) is 1.92. The zero-order chi connectivity index (χ0) is 14.4. The van der Waals surface area contributed by atoms with Crippen LogP contribution in [0.3, 0.4) is 0 Å². The molecule has 1 amide bonds. The van der Waals surface area contributed by atoms with E-state index in [1.807, 2.05) is 0 Å². The first kappa shape index (κ1) is 13.6. The molecule has 0 spiro atoms. The number of benzene rings is 2. The van der Waals surface area contributed by atoms with Gasteiger partial charge in [0, 0.05) is 17.3 Å². The molecule has 0 aliphatic heterocycles. The molecule has 0 aromatic heterocycles. The molecule has 2 nitrogen and oxygen atoms in total. The van der Waals surface area contributed by atoms with Crippen molar-refractivity contribution >= 4 is 17.7 Å². The van der Waals surface area contributed by atoms with Crippen molar-refractivity contribution in [2.75, 3.05) is 5.32 Å². The van der Waals surface area contributed by atoms with Crippen LogP contribution in [0.25, 0.3) is 6.08 Å². The van der Waals surface area contributed by atoms with Crippen LogP contribution in [0.2, 0.25) is 0 Å². The quantitative estimate of drug-likeness (QED) is 0.668. The molecule has 0 atom stereocenters. The van der Waals surface area contributed by atoms with Crippen LogP contribution in [-0.2, 0) is 4.79 Å². The zero-order valence-electron chi connectivity index (χ0n) is 10.6. The molecule has 2 aromatic carbocycles. The molecule has 3 heteroatoms. The maximum atomic E-state index is 12.7. The van der Waals surface area contributed by atoms with Crippen LogP contribution in [0.5, 0.6) is 0 Å². The summed E-state index contributed by atoms with van der Waals surface area (Å²) < 4.78 is 12.7. The number of halogens is 1. The third kappa shape index (κ3) is 3.82. The van der Waals surface area contributed by atoms with Gasteiger partial charge < -0.3 is 5.32 Å². The minimum absolute atomic E-state index is 0.275. The Balaban J connectivity index is 2.02. The molecule has 98 valence electrons. The molecule has 1 N–H and O–H groups in total. The molecule has 0 fully saturated rings. The normalized spacial score (nSPS) is 10.2. The van der Waals surface area contributed by atoms with E-state index in [2.05, 4.69) is 11.2 Å². The number of carbonyl (C=O) groups is 1. The van der Waals surface area contributed by atoms with Crippen LogP contribution in [-0.4, -0.2) is 5.91 Å². The van der Waals surface area contributed by atoms with Gasteiger partial charge in [-0.25, -0.2) is 4.39 Å². The first-order valence-electron chi connectivity index (χ1n) is 5.99. The van der Waals surface area contributed by atoms with Crippen molar-refractivity contribution in [2.24, 2.45) is 0 Å². The number of rotatable bonds is 3. The number of carbonyl (C=O) groups excluding carboxylic acids is 1. The molecule has 0 radical (unpaired) electrons. The van der Waals surface area contributed by atoms with E-state index in [1.54, 1.807) is 42.5 Å². The summed E-state index contributed by atoms with van der Waals surface area (Å²) >= 11 is 0. The summed E-state index contributed by atoms with van der Waals surface area (Å²) in [6.45, 7) is 0. The Morgan fingerprint density at radius 1 is 1.20 bits per heavy atom. The molecule has 0 unspecified atom stereocenters. The van der Waals surface area contributed by atoms with Gasteiger partial charge in [-0.1, -0.05) is 24.1 Å². The fraction of sp³-hybridized carbons (Fsp3) is 0. The summed E-state index contributed by atoms with van der Waals surface area (Å²) in [4.78, 5) is 11.7. The molecule has 0 saturated carbocycles. The number of terminal acetylenes is 1. The Labute approximate surface area is 116 Å². The Kier molecular flexibility index (Phi) is 4.31. The van der Waals surface area contributed by atoms with Crippen LogP contribution < -0.4 is 5.32 Å². The fourth-order valence-electron chi connectivity index (χ4n) is 1.62. The molecule has 2 rings (SSSR count). The van der Waals surface area contributed by atoms with Crippen molar-refractivity contribution in [1.29, 1.82) is 0 Å². The van der Waals surface area contributed by atoms with Crippen molar-refractivity contribution in [1.82, 2.24) is 0 Å². The number of amides is 1. The van der Waals surface area contributed by atoms with E-state index in [9.17, 15) is 9.18 Å². The second-order valence-corrected chi connectivity index (χ2v) is 4.10. The van der Waals surface area contributed by atoms with Gasteiger partial charge in [-0.15, -0.1) is 6.42 Å². The topological polar surface area (TPSA) is 29.1 Å². The number of anilines is 1. The third-order valence-electron chi connectivity index (χ3n) is 2.59. The Hall–Kier alpha value is -2.86. The molecule has 0 aliphatic rings. The van der Waals surface area contributed by atoms with Crippen molar-refractivity contribution < 1.29 is 9.18 Å². The van der Waals surface area contributed by atoms with Gasteiger partial charge in [-0.2, -0.15) is 0 Å². The Bertz CT molecular complexity index is 681. The van der Waals surface area contributed by atoms with E-state index in [0.717, 1.165) is 5.56 Å². The average molecular weight is 265 g/mol. The highest BCUT2D eigenvalue weighted by Crippen LogP contribution is 2.10. The lowest BCUT2D eigenvalue weighted by molar-refractivity contribution is -0.111. The highest BCUT2D eigenvalue weighted by atomic mass is 19.1. The number of hydrogen-bond donors (Lipinski definition) is 1. The molecule has 0 aliphatic carbocycles. The van der Waals surface area contributed by atoms with Crippen molar-refractivity contribution in [3.05, 3.63) is 71.6 Å². The smallest absolute Gasteiger partial charge is 0.248 e. The molecule has 0 heterocycles. The van der Waals surface area contributed by atoms with E-state index in [4.69, 9.17) is 6.42 Å². The standard InChI is InChI=1S/C17H12FNO/c1-2-13-4-3-5-16(12-13)19-17(20)11-8-14-6-9-15(18)10-7-14/h1,3-12H,(H,19,20)/b11-8-. The van der Waals surface area contributed by atoms with E-state index in [-0.39, 0.29) is 11.7 Å². The average Bonchev–Trinajstić information content (AvgIpc) is 2.47. The van der Waals surface area contributed by atoms with Gasteiger partial charge in [0.25, 0.3) is 0 Å². The van der Waals surface area contributed by atoms with Gasteiger partial charge in [0.15, 0.2) is 0 Å². The van der Waals surface area contributed by atoms with Gasteiger partial charge in [-0.05, 0) is 42.0 Å². The van der Waals surface area contributed by atoms with Crippen LogP contribution in [0.15, 0.2) is 54.6 Å². The molecular weight excluding hydrogens is 253 g/mol. The Morgan fingerprint density at radius 3 is 2.65 bits per heavy atom. The lowest BCUT2D eigenvalue weighted by Gasteiger charge is -2.02. The number of nitrogens with one attached hydrogen (secondary N) is 1. The van der Waals surface area contributed by atoms with Gasteiger partial charge in [0.1, 0.15) is 5.82 Å². The monoisotopic (exact) mass is 265 g/mol. The fourth-order valence-corrected chi connectivity index (χ4v) is 1.62. The van der Waals surface area contributed by atoms with Crippen molar-refractivity contribution in [2.45, 2.75) is 0 Å². The summed E-state index contributed by atoms with van der Waals surface area (Å²) in [7, 11) is 0. The van der Waals surface area contributed by atoms with Crippen LogP contribution in [0, 0.1) is 18.2 Å². The van der Waals surface area contributed by atoms with E-state index < -0.39 is 0 Å². The zero-order valence-corrected chi connectivity index (χ0v) is 10.6. The van der Waals surface area contributed by atoms with Crippen molar-refractivity contribution in [3.63, 3.8) is 0 Å². The first-order chi connectivity index (χ1) is 9.67. The predicted octanol–water partition coefficient (Wildman–Crippen LogP) is 3.46. The molecule has 0 saturated heterocycles. The largest absolute Gasteiger partial charge is 0.322 e. The lowest BCUT2D eigenvalue weighted by atomic mass is 10.2. The van der Waals surface area contributed by atoms with E-state index in [0.29, 0.717) is 11.3 Å². The highest BCUT2D eigenvalue weighted by Gasteiger charge is 1.98. The summed E-state index contributed by atoms with van der Waals surface area (Å²) in [6.07, 6.45) is 8.28. The Morgan fingerprint density at radius 2 is 1.95 bits per heavy atom. The predicted molar refractivity (Wildman–Crippen MR) is 78.4 cm³/mol. The van der Waals surface area contributed by atoms with Gasteiger partial charge in [-0.3, -0.25) is 4.79 Å². The first-order valence-corrected chi connectivity index (χ1v) is 5.99.